The summed E-state index contributed by atoms with van der Waals surface area (Å²) in [6.45, 7) is 13.1. The van der Waals surface area contributed by atoms with E-state index in [1.54, 1.807) is 0 Å². The van der Waals surface area contributed by atoms with Gasteiger partial charge >= 0.3 is 0 Å². The van der Waals surface area contributed by atoms with E-state index in [-0.39, 0.29) is 17.2 Å². The summed E-state index contributed by atoms with van der Waals surface area (Å²) in [6.07, 6.45) is 2.17. The second-order valence-electron chi connectivity index (χ2n) is 6.57. The lowest BCUT2D eigenvalue weighted by molar-refractivity contribution is -0.0770. The van der Waals surface area contributed by atoms with Crippen molar-refractivity contribution in [1.29, 1.82) is 0 Å². The lowest BCUT2D eigenvalue weighted by Gasteiger charge is -2.31. The lowest BCUT2D eigenvalue weighted by atomic mass is 9.79. The van der Waals surface area contributed by atoms with E-state index in [1.807, 2.05) is 0 Å². The van der Waals surface area contributed by atoms with Crippen molar-refractivity contribution in [3.8, 4) is 0 Å². The summed E-state index contributed by atoms with van der Waals surface area (Å²) < 4.78 is 6.07. The molecule has 1 aliphatic heterocycles. The van der Waals surface area contributed by atoms with Gasteiger partial charge in [0.2, 0.25) is 0 Å². The molecule has 1 fully saturated rings. The second kappa shape index (κ2) is 4.06. The minimum atomic E-state index is -0.0716. The third kappa shape index (κ3) is 3.18. The molecule has 0 radical (unpaired) electrons. The van der Waals surface area contributed by atoms with Crippen molar-refractivity contribution in [2.75, 3.05) is 0 Å². The van der Waals surface area contributed by atoms with Crippen molar-refractivity contribution in [2.24, 2.45) is 17.6 Å². The second-order valence-corrected chi connectivity index (χ2v) is 6.57. The zero-order chi connectivity index (χ0) is 11.9. The van der Waals surface area contributed by atoms with Crippen molar-refractivity contribution in [1.82, 2.24) is 0 Å². The van der Waals surface area contributed by atoms with Crippen LogP contribution in [-0.4, -0.2) is 17.2 Å². The Morgan fingerprint density at radius 1 is 1.27 bits per heavy atom. The summed E-state index contributed by atoms with van der Waals surface area (Å²) in [5.41, 5.74) is 6.21. The predicted molar refractivity (Wildman–Crippen MR) is 64.8 cm³/mol. The van der Waals surface area contributed by atoms with Crippen molar-refractivity contribution in [2.45, 2.75) is 71.6 Å². The average Bonchev–Trinajstić information content (AvgIpc) is 2.17. The van der Waals surface area contributed by atoms with E-state index in [2.05, 4.69) is 41.5 Å². The fraction of sp³-hybridized carbons (Fsp3) is 1.00. The van der Waals surface area contributed by atoms with Crippen molar-refractivity contribution < 1.29 is 4.74 Å². The fourth-order valence-corrected chi connectivity index (χ4v) is 2.98. The molecule has 0 amide bonds. The third-order valence-electron chi connectivity index (χ3n) is 3.40. The number of nitrogens with two attached hydrogens (primary N) is 1. The third-order valence-corrected chi connectivity index (χ3v) is 3.40. The van der Waals surface area contributed by atoms with Crippen LogP contribution in [0.1, 0.15) is 54.4 Å². The van der Waals surface area contributed by atoms with Crippen molar-refractivity contribution in [3.63, 3.8) is 0 Å². The highest BCUT2D eigenvalue weighted by molar-refractivity contribution is 4.98. The van der Waals surface area contributed by atoms with Gasteiger partial charge in [0.15, 0.2) is 0 Å². The molecule has 90 valence electrons. The van der Waals surface area contributed by atoms with Crippen LogP contribution in [0.2, 0.25) is 0 Å². The first kappa shape index (κ1) is 13.0. The standard InChI is InChI=1S/C13H27NO/c1-9(2)7-11(14)10-8-12(3,4)15-13(10,5)6/h9-11H,7-8,14H2,1-6H3. The molecule has 0 bridgehead atoms. The van der Waals surface area contributed by atoms with Gasteiger partial charge in [0.25, 0.3) is 0 Å². The lowest BCUT2D eigenvalue weighted by Crippen LogP contribution is -2.41. The smallest absolute Gasteiger partial charge is 0.0677 e. The summed E-state index contributed by atoms with van der Waals surface area (Å²) >= 11 is 0. The number of hydrogen-bond acceptors (Lipinski definition) is 2. The van der Waals surface area contributed by atoms with Gasteiger partial charge < -0.3 is 10.5 Å². The van der Waals surface area contributed by atoms with Crippen molar-refractivity contribution >= 4 is 0 Å². The van der Waals surface area contributed by atoms with Crippen molar-refractivity contribution in [3.05, 3.63) is 0 Å². The average molecular weight is 213 g/mol. The summed E-state index contributed by atoms with van der Waals surface area (Å²) in [4.78, 5) is 0. The normalized spacial score (nSPS) is 30.8. The van der Waals surface area contributed by atoms with E-state index in [0.717, 1.165) is 12.8 Å². The van der Waals surface area contributed by atoms with Crippen LogP contribution in [0.25, 0.3) is 0 Å². The van der Waals surface area contributed by atoms with Gasteiger partial charge in [-0.15, -0.1) is 0 Å². The van der Waals surface area contributed by atoms with E-state index in [9.17, 15) is 0 Å². The van der Waals surface area contributed by atoms with Gasteiger partial charge in [-0.05, 0) is 46.5 Å². The molecule has 0 aromatic rings. The summed E-state index contributed by atoms with van der Waals surface area (Å²) in [5.74, 6) is 1.15. The Bertz CT molecular complexity index is 221. The molecule has 1 rings (SSSR count). The number of rotatable bonds is 3. The highest BCUT2D eigenvalue weighted by Gasteiger charge is 2.47. The van der Waals surface area contributed by atoms with E-state index < -0.39 is 0 Å². The Morgan fingerprint density at radius 2 is 1.80 bits per heavy atom. The first-order chi connectivity index (χ1) is 6.64. The highest BCUT2D eigenvalue weighted by Crippen LogP contribution is 2.43. The maximum atomic E-state index is 6.30. The van der Waals surface area contributed by atoms with Crippen LogP contribution in [-0.2, 0) is 4.74 Å². The minimum Gasteiger partial charge on any atom is -0.369 e. The molecule has 0 spiro atoms. The van der Waals surface area contributed by atoms with Crippen LogP contribution in [0.5, 0.6) is 0 Å². The first-order valence-corrected chi connectivity index (χ1v) is 6.10. The number of hydrogen-bond donors (Lipinski definition) is 1. The molecule has 0 aliphatic carbocycles. The van der Waals surface area contributed by atoms with Crippen LogP contribution >= 0.6 is 0 Å². The van der Waals surface area contributed by atoms with Gasteiger partial charge in [-0.1, -0.05) is 13.8 Å². The van der Waals surface area contributed by atoms with Crippen LogP contribution in [0, 0.1) is 11.8 Å². The van der Waals surface area contributed by atoms with E-state index in [0.29, 0.717) is 11.8 Å². The first-order valence-electron chi connectivity index (χ1n) is 6.10. The zero-order valence-electron chi connectivity index (χ0n) is 11.1. The van der Waals surface area contributed by atoms with E-state index in [1.165, 1.54) is 0 Å². The Kier molecular flexibility index (Phi) is 3.52. The molecule has 1 aliphatic rings. The molecule has 1 saturated heterocycles. The highest BCUT2D eigenvalue weighted by atomic mass is 16.5. The quantitative estimate of drug-likeness (QED) is 0.782. The largest absolute Gasteiger partial charge is 0.369 e. The molecule has 0 aromatic carbocycles. The zero-order valence-corrected chi connectivity index (χ0v) is 11.1. The van der Waals surface area contributed by atoms with Crippen LogP contribution in [0.4, 0.5) is 0 Å². The molecular weight excluding hydrogens is 186 g/mol. The topological polar surface area (TPSA) is 35.2 Å². The van der Waals surface area contributed by atoms with Gasteiger partial charge in [0, 0.05) is 12.0 Å². The molecule has 15 heavy (non-hydrogen) atoms. The monoisotopic (exact) mass is 213 g/mol. The Balaban J connectivity index is 2.69. The Morgan fingerprint density at radius 3 is 2.13 bits per heavy atom. The van der Waals surface area contributed by atoms with Crippen LogP contribution in [0.3, 0.4) is 0 Å². The SMILES string of the molecule is CC(C)CC(N)C1CC(C)(C)OC1(C)C. The molecule has 1 heterocycles. The fourth-order valence-electron chi connectivity index (χ4n) is 2.98. The van der Waals surface area contributed by atoms with Gasteiger partial charge in [-0.25, -0.2) is 0 Å². The minimum absolute atomic E-state index is 0.0111. The molecule has 2 atom stereocenters. The number of ether oxygens (including phenoxy) is 1. The summed E-state index contributed by atoms with van der Waals surface area (Å²) in [7, 11) is 0. The van der Waals surface area contributed by atoms with Gasteiger partial charge in [-0.3, -0.25) is 0 Å². The molecular formula is C13H27NO. The molecule has 0 aromatic heterocycles. The Labute approximate surface area is 94.6 Å². The van der Waals surface area contributed by atoms with Crippen LogP contribution in [0.15, 0.2) is 0 Å². The maximum absolute atomic E-state index is 6.30. The molecule has 2 heteroatoms. The summed E-state index contributed by atoms with van der Waals surface area (Å²) in [5, 5.41) is 0. The molecule has 0 saturated carbocycles. The van der Waals surface area contributed by atoms with Gasteiger partial charge in [0.1, 0.15) is 0 Å². The van der Waals surface area contributed by atoms with E-state index >= 15 is 0 Å². The van der Waals surface area contributed by atoms with Gasteiger partial charge in [0.05, 0.1) is 11.2 Å². The van der Waals surface area contributed by atoms with E-state index in [4.69, 9.17) is 10.5 Å². The molecule has 2 unspecified atom stereocenters. The molecule has 2 nitrogen and oxygen atoms in total. The van der Waals surface area contributed by atoms with Gasteiger partial charge in [-0.2, -0.15) is 0 Å². The maximum Gasteiger partial charge on any atom is 0.0677 e. The Hall–Kier alpha value is -0.0800. The molecule has 2 N–H and O–H groups in total. The van der Waals surface area contributed by atoms with Crippen LogP contribution < -0.4 is 5.73 Å². The predicted octanol–water partition coefficient (Wildman–Crippen LogP) is 2.95. The summed E-state index contributed by atoms with van der Waals surface area (Å²) in [6, 6.07) is 0.266.